The highest BCUT2D eigenvalue weighted by atomic mass is 32.2. The number of nitrogens with two attached hydrogens (primary N) is 2. The molecule has 1 saturated heterocycles. The summed E-state index contributed by atoms with van der Waals surface area (Å²) < 4.78 is 35.5. The van der Waals surface area contributed by atoms with E-state index in [2.05, 4.69) is 14.7 Å². The van der Waals surface area contributed by atoms with Gasteiger partial charge in [0, 0.05) is 36.7 Å². The number of sulfonamides is 1. The van der Waals surface area contributed by atoms with E-state index in [9.17, 15) is 13.2 Å². The van der Waals surface area contributed by atoms with E-state index in [-0.39, 0.29) is 28.3 Å². The van der Waals surface area contributed by atoms with Gasteiger partial charge in [0.1, 0.15) is 10.7 Å². The molecule has 0 aliphatic carbocycles. The topological polar surface area (TPSA) is 155 Å². The number of hydrogen-bond donors (Lipinski definition) is 3. The highest BCUT2D eigenvalue weighted by molar-refractivity contribution is 7.92. The summed E-state index contributed by atoms with van der Waals surface area (Å²) >= 11 is 0. The smallest absolute Gasteiger partial charge is 0.265 e. The van der Waals surface area contributed by atoms with Crippen LogP contribution in [0, 0.1) is 0 Å². The number of benzene rings is 2. The molecular formula is C24H24N6O4S. The number of nitrogens with one attached hydrogen (secondary N) is 1. The number of rotatable bonds is 5. The quantitative estimate of drug-likeness (QED) is 0.384. The zero-order valence-electron chi connectivity index (χ0n) is 18.7. The first-order chi connectivity index (χ1) is 16.8. The van der Waals surface area contributed by atoms with Crippen molar-refractivity contribution in [1.29, 1.82) is 0 Å². The van der Waals surface area contributed by atoms with Crippen LogP contribution in [-0.4, -0.2) is 36.2 Å². The second-order valence-corrected chi connectivity index (χ2v) is 9.95. The van der Waals surface area contributed by atoms with Crippen LogP contribution in [0.15, 0.2) is 70.5 Å². The summed E-state index contributed by atoms with van der Waals surface area (Å²) in [7, 11) is -4.00. The molecule has 2 aromatic heterocycles. The van der Waals surface area contributed by atoms with Gasteiger partial charge in [-0.15, -0.1) is 0 Å². The molecule has 1 aliphatic heterocycles. The van der Waals surface area contributed by atoms with Crippen molar-refractivity contribution in [3.8, 4) is 11.1 Å². The van der Waals surface area contributed by atoms with Gasteiger partial charge in [0.25, 0.3) is 15.6 Å². The Hall–Kier alpha value is -3.96. The average molecular weight is 493 g/mol. The zero-order valence-corrected chi connectivity index (χ0v) is 19.5. The first kappa shape index (κ1) is 22.8. The van der Waals surface area contributed by atoms with Gasteiger partial charge in [-0.25, -0.2) is 18.4 Å². The van der Waals surface area contributed by atoms with Crippen LogP contribution in [0.1, 0.15) is 18.9 Å². The molecule has 0 unspecified atom stereocenters. The first-order valence-corrected chi connectivity index (χ1v) is 12.5. The van der Waals surface area contributed by atoms with Crippen molar-refractivity contribution in [2.24, 2.45) is 0 Å². The molecule has 0 saturated carbocycles. The summed E-state index contributed by atoms with van der Waals surface area (Å²) in [5.74, 6) is 0.0333. The monoisotopic (exact) mass is 492 g/mol. The van der Waals surface area contributed by atoms with Crippen LogP contribution in [0.25, 0.3) is 22.0 Å². The van der Waals surface area contributed by atoms with Gasteiger partial charge in [-0.1, -0.05) is 24.3 Å². The van der Waals surface area contributed by atoms with Crippen molar-refractivity contribution in [3.63, 3.8) is 0 Å². The molecule has 5 N–H and O–H groups in total. The van der Waals surface area contributed by atoms with Gasteiger partial charge in [0.05, 0.1) is 10.9 Å². The fourth-order valence-electron chi connectivity index (χ4n) is 4.24. The third kappa shape index (κ3) is 4.43. The summed E-state index contributed by atoms with van der Waals surface area (Å²) in [4.78, 5) is 21.7. The fourth-order valence-corrected chi connectivity index (χ4v) is 5.40. The minimum absolute atomic E-state index is 0.0872. The van der Waals surface area contributed by atoms with Crippen molar-refractivity contribution in [2.45, 2.75) is 23.8 Å². The van der Waals surface area contributed by atoms with E-state index >= 15 is 0 Å². The Morgan fingerprint density at radius 3 is 2.49 bits per heavy atom. The van der Waals surface area contributed by atoms with Gasteiger partial charge < -0.3 is 16.2 Å². The normalized spacial score (nSPS) is 14.7. The predicted octanol–water partition coefficient (Wildman–Crippen LogP) is 2.78. The Kier molecular flexibility index (Phi) is 5.87. The van der Waals surface area contributed by atoms with Crippen LogP contribution >= 0.6 is 0 Å². The van der Waals surface area contributed by atoms with Crippen molar-refractivity contribution in [1.82, 2.24) is 14.5 Å². The summed E-state index contributed by atoms with van der Waals surface area (Å²) in [5.41, 5.74) is 13.8. The zero-order chi connectivity index (χ0) is 24.6. The minimum Gasteiger partial charge on any atom is -0.383 e. The lowest BCUT2D eigenvalue weighted by Gasteiger charge is -2.25. The van der Waals surface area contributed by atoms with Gasteiger partial charge in [0.15, 0.2) is 0 Å². The molecule has 5 rings (SSSR count). The third-order valence-electron chi connectivity index (χ3n) is 6.01. The van der Waals surface area contributed by atoms with Crippen molar-refractivity contribution in [3.05, 3.63) is 71.1 Å². The minimum atomic E-state index is -4.00. The lowest BCUT2D eigenvalue weighted by molar-refractivity contribution is 0.0692. The maximum absolute atomic E-state index is 13.4. The van der Waals surface area contributed by atoms with E-state index in [1.807, 2.05) is 0 Å². The molecule has 3 heterocycles. The highest BCUT2D eigenvalue weighted by Gasteiger charge is 2.22. The van der Waals surface area contributed by atoms with Gasteiger partial charge in [-0.2, -0.15) is 0 Å². The predicted molar refractivity (Wildman–Crippen MR) is 134 cm³/mol. The number of pyridine rings is 1. The summed E-state index contributed by atoms with van der Waals surface area (Å²) in [6, 6.07) is 14.9. The number of aromatic nitrogens is 3. The lowest BCUT2D eigenvalue weighted by atomic mass is 10.0. The van der Waals surface area contributed by atoms with Crippen molar-refractivity contribution < 1.29 is 13.2 Å². The van der Waals surface area contributed by atoms with Gasteiger partial charge in [-0.05, 0) is 48.7 Å². The lowest BCUT2D eigenvalue weighted by Crippen LogP contribution is -2.31. The molecule has 2 aromatic carbocycles. The van der Waals surface area contributed by atoms with E-state index in [0.29, 0.717) is 53.8 Å². The number of hydrogen-bond acceptors (Lipinski definition) is 8. The molecule has 1 fully saturated rings. The Bertz CT molecular complexity index is 1560. The number of nitrogens with zero attached hydrogens (tertiary/aromatic N) is 3. The molecule has 1 aliphatic rings. The fraction of sp³-hybridized carbons (Fsp3) is 0.208. The van der Waals surface area contributed by atoms with Crippen LogP contribution in [-0.2, 0) is 14.8 Å². The first-order valence-electron chi connectivity index (χ1n) is 11.1. The molecule has 0 amide bonds. The Morgan fingerprint density at radius 1 is 1.00 bits per heavy atom. The second kappa shape index (κ2) is 9.01. The molecule has 35 heavy (non-hydrogen) atoms. The number of fused-ring (bicyclic) bond motifs is 1. The number of anilines is 3. The second-order valence-electron chi connectivity index (χ2n) is 8.30. The maximum atomic E-state index is 13.4. The van der Waals surface area contributed by atoms with Crippen LogP contribution < -0.4 is 21.7 Å². The summed E-state index contributed by atoms with van der Waals surface area (Å²) in [5, 5.41) is 0.381. The number of ether oxygens (including phenoxy) is 1. The van der Waals surface area contributed by atoms with E-state index < -0.39 is 10.0 Å². The number of nitrogen functional groups attached to an aromatic ring is 2. The van der Waals surface area contributed by atoms with Crippen LogP contribution in [0.5, 0.6) is 0 Å². The van der Waals surface area contributed by atoms with Gasteiger partial charge >= 0.3 is 0 Å². The largest absolute Gasteiger partial charge is 0.383 e. The average Bonchev–Trinajstić information content (AvgIpc) is 2.85. The van der Waals surface area contributed by atoms with Crippen LogP contribution in [0.4, 0.5) is 17.5 Å². The van der Waals surface area contributed by atoms with E-state index in [0.717, 1.165) is 0 Å². The molecule has 0 atom stereocenters. The van der Waals surface area contributed by atoms with E-state index in [4.69, 9.17) is 16.2 Å². The van der Waals surface area contributed by atoms with E-state index in [1.165, 1.54) is 16.8 Å². The number of para-hydroxylation sites is 1. The Labute approximate surface area is 201 Å². The molecule has 0 radical (unpaired) electrons. The van der Waals surface area contributed by atoms with Crippen LogP contribution in [0.3, 0.4) is 0 Å². The van der Waals surface area contributed by atoms with Crippen molar-refractivity contribution in [2.75, 3.05) is 29.4 Å². The molecule has 0 spiro atoms. The molecule has 180 valence electrons. The highest BCUT2D eigenvalue weighted by Crippen LogP contribution is 2.29. The molecule has 10 nitrogen and oxygen atoms in total. The molecule has 11 heteroatoms. The summed E-state index contributed by atoms with van der Waals surface area (Å²) in [6.07, 6.45) is 2.82. The van der Waals surface area contributed by atoms with Crippen LogP contribution in [0.2, 0.25) is 0 Å². The molecule has 0 bridgehead atoms. The summed E-state index contributed by atoms with van der Waals surface area (Å²) in [6.45, 7) is 1.11. The SMILES string of the molecule is Nc1ncc(-c2ccc3nc(N)n(C4CCOCC4)c(=O)c3c2)cc1S(=O)(=O)Nc1ccccc1. The standard InChI is InChI=1S/C24H24N6O4S/c25-22-21(35(32,33)29-17-4-2-1-3-5-17)13-16(14-27-22)15-6-7-20-19(12-15)23(31)30(24(26)28-20)18-8-10-34-11-9-18/h1-7,12-14,18,29H,8-11H2,(H2,25,27)(H2,26,28). The third-order valence-corrected chi connectivity index (χ3v) is 7.42. The Balaban J connectivity index is 1.57. The van der Waals surface area contributed by atoms with Gasteiger partial charge in [-0.3, -0.25) is 14.1 Å². The Morgan fingerprint density at radius 2 is 1.74 bits per heavy atom. The molecular weight excluding hydrogens is 468 g/mol. The molecule has 4 aromatic rings. The maximum Gasteiger partial charge on any atom is 0.265 e. The van der Waals surface area contributed by atoms with Crippen molar-refractivity contribution >= 4 is 38.4 Å². The van der Waals surface area contributed by atoms with E-state index in [1.54, 1.807) is 48.5 Å². The van der Waals surface area contributed by atoms with Gasteiger partial charge in [0.2, 0.25) is 5.95 Å².